The van der Waals surface area contributed by atoms with Crippen LogP contribution in [-0.2, 0) is 44.8 Å². The summed E-state index contributed by atoms with van der Waals surface area (Å²) in [5, 5.41) is 33.8. The zero-order chi connectivity index (χ0) is 26.2. The molecule has 0 aromatic rings. The summed E-state index contributed by atoms with van der Waals surface area (Å²) >= 11 is 0. The van der Waals surface area contributed by atoms with E-state index in [1.54, 1.807) is 0 Å². The molecule has 8 atom stereocenters. The molecule has 9 aliphatic rings. The normalized spacial score (nSPS) is 54.9. The summed E-state index contributed by atoms with van der Waals surface area (Å²) in [4.78, 5) is 0. The molecule has 0 amide bonds. The molecule has 4 saturated carbocycles. The van der Waals surface area contributed by atoms with Crippen LogP contribution in [0.25, 0.3) is 0 Å². The van der Waals surface area contributed by atoms with E-state index in [2.05, 4.69) is 42.5 Å². The predicted octanol–water partition coefficient (Wildman–Crippen LogP) is 2.60. The van der Waals surface area contributed by atoms with E-state index in [-0.39, 0.29) is 44.8 Å². The predicted molar refractivity (Wildman–Crippen MR) is 157 cm³/mol. The van der Waals surface area contributed by atoms with Gasteiger partial charge in [-0.1, -0.05) is 51.4 Å². The second kappa shape index (κ2) is 13.3. The zero-order valence-corrected chi connectivity index (χ0v) is 29.4. The van der Waals surface area contributed by atoms with Crippen molar-refractivity contribution in [2.75, 3.05) is 0 Å². The maximum Gasteiger partial charge on any atom is 0.0628 e. The van der Waals surface area contributed by atoms with Crippen molar-refractivity contribution in [3.05, 3.63) is 0 Å². The van der Waals surface area contributed by atoms with Crippen LogP contribution >= 0.6 is 0 Å². The van der Waals surface area contributed by atoms with Crippen molar-refractivity contribution in [2.45, 2.75) is 152 Å². The molecule has 8 bridgehead atoms. The number of hydrogen-bond acceptors (Lipinski definition) is 8. The Morgan fingerprint density at radius 1 is 0.238 bits per heavy atom. The summed E-state index contributed by atoms with van der Waals surface area (Å²) < 4.78 is 0. The maximum atomic E-state index is 4.26. The minimum absolute atomic E-state index is 0. The third-order valence-corrected chi connectivity index (χ3v) is 13.8. The SMILES string of the molecule is C1CCC2C3NC(NC4NC(NC5NC(NC6NC(N3)C3CCCCC63)C3CCCCC53)C3CCCCC43)C2C1.[V].[Zr]. The first-order valence-electron chi connectivity index (χ1n) is 17.9. The smallest absolute Gasteiger partial charge is 0.0628 e. The van der Waals surface area contributed by atoms with Gasteiger partial charge in [-0.3, -0.25) is 42.5 Å². The molecule has 8 nitrogen and oxygen atoms in total. The Bertz CT molecular complexity index is 723. The van der Waals surface area contributed by atoms with Crippen molar-refractivity contribution in [3.8, 4) is 0 Å². The number of fused-ring (bicyclic) bond motifs is 20. The molecule has 5 aliphatic heterocycles. The van der Waals surface area contributed by atoms with E-state index in [0.29, 0.717) is 49.3 Å². The van der Waals surface area contributed by atoms with Crippen molar-refractivity contribution in [1.82, 2.24) is 42.5 Å². The van der Waals surface area contributed by atoms with Gasteiger partial charge in [0.2, 0.25) is 0 Å². The van der Waals surface area contributed by atoms with E-state index in [0.717, 1.165) is 47.3 Å². The van der Waals surface area contributed by atoms with Gasteiger partial charge in [0.1, 0.15) is 0 Å². The van der Waals surface area contributed by atoms with Gasteiger partial charge in [0.05, 0.1) is 49.3 Å². The molecule has 0 aromatic carbocycles. The van der Waals surface area contributed by atoms with Crippen LogP contribution < -0.4 is 42.5 Å². The summed E-state index contributed by atoms with van der Waals surface area (Å²) in [7, 11) is 0. The Kier molecular flexibility index (Phi) is 10.1. The molecule has 10 heteroatoms. The van der Waals surface area contributed by atoms with Crippen LogP contribution in [0.5, 0.6) is 0 Å². The molecule has 42 heavy (non-hydrogen) atoms. The van der Waals surface area contributed by atoms with Crippen LogP contribution in [0.4, 0.5) is 0 Å². The molecule has 0 aromatic heterocycles. The quantitative estimate of drug-likeness (QED) is 0.196. The van der Waals surface area contributed by atoms with Gasteiger partial charge in [-0.2, -0.15) is 0 Å². The van der Waals surface area contributed by atoms with Crippen molar-refractivity contribution in [3.63, 3.8) is 0 Å². The van der Waals surface area contributed by atoms with Gasteiger partial charge in [-0.05, 0) is 98.7 Å². The van der Waals surface area contributed by atoms with Gasteiger partial charge in [0.15, 0.2) is 0 Å². The fourth-order valence-corrected chi connectivity index (χ4v) is 12.0. The minimum Gasteiger partial charge on any atom is -0.286 e. The van der Waals surface area contributed by atoms with Gasteiger partial charge >= 0.3 is 0 Å². The largest absolute Gasteiger partial charge is 0.286 e. The molecule has 9 fully saturated rings. The summed E-state index contributed by atoms with van der Waals surface area (Å²) in [6.45, 7) is 0. The Hall–Kier alpha value is 1.15. The van der Waals surface area contributed by atoms with Gasteiger partial charge in [0, 0.05) is 44.8 Å². The van der Waals surface area contributed by atoms with Crippen LogP contribution in [0.1, 0.15) is 103 Å². The monoisotopic (exact) mass is 693 g/mol. The second-order valence-corrected chi connectivity index (χ2v) is 15.6. The van der Waals surface area contributed by atoms with E-state index in [9.17, 15) is 0 Å². The van der Waals surface area contributed by atoms with Crippen molar-refractivity contribution in [2.24, 2.45) is 47.3 Å². The van der Waals surface area contributed by atoms with Crippen LogP contribution in [0.2, 0.25) is 0 Å². The van der Waals surface area contributed by atoms with E-state index in [1.807, 2.05) is 0 Å². The van der Waals surface area contributed by atoms with Gasteiger partial charge < -0.3 is 0 Å². The van der Waals surface area contributed by atoms with E-state index in [1.165, 1.54) is 103 Å². The Morgan fingerprint density at radius 3 is 0.476 bits per heavy atom. The minimum atomic E-state index is 0. The first-order chi connectivity index (χ1) is 19.8. The average molecular weight is 695 g/mol. The molecular weight excluding hydrogens is 639 g/mol. The molecule has 4 aliphatic carbocycles. The summed E-state index contributed by atoms with van der Waals surface area (Å²) in [5.74, 6) is 5.97. The van der Waals surface area contributed by atoms with Gasteiger partial charge in [0.25, 0.3) is 0 Å². The summed E-state index contributed by atoms with van der Waals surface area (Å²) in [6.07, 6.45) is 25.6. The van der Waals surface area contributed by atoms with Crippen molar-refractivity contribution >= 4 is 0 Å². The topological polar surface area (TPSA) is 96.2 Å². The van der Waals surface area contributed by atoms with E-state index >= 15 is 0 Å². The fraction of sp³-hybridized carbons (Fsp3) is 1.00. The van der Waals surface area contributed by atoms with Gasteiger partial charge in [-0.15, -0.1) is 0 Å². The summed E-state index contributed by atoms with van der Waals surface area (Å²) in [6, 6.07) is 0. The van der Waals surface area contributed by atoms with Crippen molar-refractivity contribution in [1.29, 1.82) is 0 Å². The molecule has 1 radical (unpaired) electrons. The fourth-order valence-electron chi connectivity index (χ4n) is 12.0. The molecule has 5 heterocycles. The third kappa shape index (κ3) is 5.57. The van der Waals surface area contributed by atoms with Crippen LogP contribution in [0.15, 0.2) is 0 Å². The molecule has 8 unspecified atom stereocenters. The maximum absolute atomic E-state index is 4.26. The molecule has 233 valence electrons. The van der Waals surface area contributed by atoms with Crippen molar-refractivity contribution < 1.29 is 44.8 Å². The standard InChI is InChI=1S/C32H56N8.V.Zr/c1-2-10-18-17(9-1)25-33-26(18)38-28-21-13-5-6-14-22(21)30(35-28)40-32-24-16-8-7-15-23(24)31(36-32)39-29-20-12-4-3-11-19(20)27(34-29)37-25;;/h17-40H,1-16H2;;. The molecule has 5 saturated heterocycles. The Morgan fingerprint density at radius 2 is 0.357 bits per heavy atom. The van der Waals surface area contributed by atoms with Crippen LogP contribution in [0, 0.1) is 47.3 Å². The Balaban J connectivity index is 0.00000144. The average Bonchev–Trinajstić information content (AvgIpc) is 3.73. The Labute approximate surface area is 285 Å². The summed E-state index contributed by atoms with van der Waals surface area (Å²) in [5.41, 5.74) is 0. The number of nitrogens with one attached hydrogen (secondary N) is 8. The second-order valence-electron chi connectivity index (χ2n) is 15.6. The van der Waals surface area contributed by atoms with Gasteiger partial charge in [-0.25, -0.2) is 0 Å². The number of hydrogen-bond donors (Lipinski definition) is 8. The molecule has 8 N–H and O–H groups in total. The molecule has 9 rings (SSSR count). The molecule has 0 spiro atoms. The van der Waals surface area contributed by atoms with Crippen LogP contribution in [-0.4, -0.2) is 49.3 Å². The van der Waals surface area contributed by atoms with E-state index in [4.69, 9.17) is 0 Å². The molecular formula is C32H56N8VZr. The van der Waals surface area contributed by atoms with Crippen LogP contribution in [0.3, 0.4) is 0 Å². The first kappa shape index (κ1) is 31.7. The number of rotatable bonds is 0. The van der Waals surface area contributed by atoms with E-state index < -0.39 is 0 Å². The first-order valence-corrected chi connectivity index (χ1v) is 17.9. The third-order valence-electron chi connectivity index (χ3n) is 13.8. The zero-order valence-electron chi connectivity index (χ0n) is 25.5.